The summed E-state index contributed by atoms with van der Waals surface area (Å²) in [5, 5.41) is 6.76. The van der Waals surface area contributed by atoms with Crippen molar-refractivity contribution in [3.05, 3.63) is 41.9 Å². The first-order chi connectivity index (χ1) is 10.3. The third kappa shape index (κ3) is 3.90. The Bertz CT molecular complexity index is 578. The number of nitrogens with zero attached hydrogens (tertiary/aromatic N) is 3. The van der Waals surface area contributed by atoms with Crippen LogP contribution in [0.3, 0.4) is 0 Å². The van der Waals surface area contributed by atoms with E-state index in [0.29, 0.717) is 18.5 Å². The van der Waals surface area contributed by atoms with E-state index in [0.717, 1.165) is 17.2 Å². The molecule has 5 nitrogen and oxygen atoms in total. The Morgan fingerprint density at radius 1 is 1.19 bits per heavy atom. The predicted molar refractivity (Wildman–Crippen MR) is 84.2 cm³/mol. The minimum atomic E-state index is 0.558. The Balaban J connectivity index is 1.65. The van der Waals surface area contributed by atoms with Crippen LogP contribution in [0.5, 0.6) is 0 Å². The normalized spacial score (nSPS) is 15.1. The Hall–Kier alpha value is -2.17. The van der Waals surface area contributed by atoms with Crippen LogP contribution in [0.4, 0.5) is 11.8 Å². The first-order valence-corrected chi connectivity index (χ1v) is 7.55. The maximum Gasteiger partial charge on any atom is 0.225 e. The quantitative estimate of drug-likeness (QED) is 0.882. The van der Waals surface area contributed by atoms with Gasteiger partial charge in [0.25, 0.3) is 0 Å². The fraction of sp³-hybridized carbons (Fsp3) is 0.438. The number of rotatable bonds is 5. The maximum atomic E-state index is 4.55. The largest absolute Gasteiger partial charge is 0.367 e. The van der Waals surface area contributed by atoms with E-state index in [4.69, 9.17) is 0 Å². The van der Waals surface area contributed by atoms with Crippen molar-refractivity contribution in [1.82, 2.24) is 15.0 Å². The van der Waals surface area contributed by atoms with Gasteiger partial charge in [0.2, 0.25) is 5.95 Å². The van der Waals surface area contributed by atoms with E-state index in [-0.39, 0.29) is 0 Å². The van der Waals surface area contributed by atoms with Gasteiger partial charge in [-0.2, -0.15) is 4.98 Å². The van der Waals surface area contributed by atoms with Crippen molar-refractivity contribution in [2.75, 3.05) is 10.6 Å². The number of nitrogens with one attached hydrogen (secondary N) is 2. The summed E-state index contributed by atoms with van der Waals surface area (Å²) in [5.74, 6) is 1.57. The second-order valence-electron chi connectivity index (χ2n) is 5.52. The minimum Gasteiger partial charge on any atom is -0.367 e. The molecule has 0 bridgehead atoms. The molecule has 2 aromatic heterocycles. The first kappa shape index (κ1) is 13.8. The van der Waals surface area contributed by atoms with Crippen molar-refractivity contribution < 1.29 is 0 Å². The van der Waals surface area contributed by atoms with Gasteiger partial charge in [-0.1, -0.05) is 18.9 Å². The van der Waals surface area contributed by atoms with Crippen molar-refractivity contribution in [2.24, 2.45) is 0 Å². The maximum absolute atomic E-state index is 4.55. The second kappa shape index (κ2) is 6.52. The van der Waals surface area contributed by atoms with Crippen molar-refractivity contribution in [3.8, 4) is 0 Å². The topological polar surface area (TPSA) is 62.7 Å². The molecule has 2 aromatic rings. The van der Waals surface area contributed by atoms with Gasteiger partial charge >= 0.3 is 0 Å². The molecule has 5 heteroatoms. The molecule has 1 aliphatic rings. The average molecular weight is 283 g/mol. The molecule has 0 amide bonds. The lowest BCUT2D eigenvalue weighted by Gasteiger charge is -2.14. The average Bonchev–Trinajstić information content (AvgIpc) is 2.99. The van der Waals surface area contributed by atoms with E-state index in [1.807, 2.05) is 31.2 Å². The number of hydrogen-bond acceptors (Lipinski definition) is 5. The first-order valence-electron chi connectivity index (χ1n) is 7.55. The molecular formula is C16H21N5. The summed E-state index contributed by atoms with van der Waals surface area (Å²) >= 11 is 0. The highest BCUT2D eigenvalue weighted by Crippen LogP contribution is 2.22. The van der Waals surface area contributed by atoms with Gasteiger partial charge in [-0.3, -0.25) is 4.98 Å². The zero-order valence-electron chi connectivity index (χ0n) is 12.3. The number of hydrogen-bond donors (Lipinski definition) is 2. The fourth-order valence-electron chi connectivity index (χ4n) is 2.67. The number of aryl methyl sites for hydroxylation is 1. The molecule has 0 unspecified atom stereocenters. The second-order valence-corrected chi connectivity index (χ2v) is 5.52. The molecule has 1 saturated carbocycles. The van der Waals surface area contributed by atoms with E-state index in [2.05, 4.69) is 25.6 Å². The van der Waals surface area contributed by atoms with E-state index in [1.165, 1.54) is 25.7 Å². The molecule has 3 rings (SSSR count). The lowest BCUT2D eigenvalue weighted by Crippen LogP contribution is -2.16. The summed E-state index contributed by atoms with van der Waals surface area (Å²) < 4.78 is 0. The summed E-state index contributed by atoms with van der Waals surface area (Å²) in [6.45, 7) is 2.63. The van der Waals surface area contributed by atoms with Crippen molar-refractivity contribution in [1.29, 1.82) is 0 Å². The molecule has 0 aromatic carbocycles. The molecular weight excluding hydrogens is 262 g/mol. The SMILES string of the molecule is Cc1cc(NC2CCCC2)nc(NCc2ccccn2)n1. The third-order valence-corrected chi connectivity index (χ3v) is 3.72. The van der Waals surface area contributed by atoms with Crippen LogP contribution in [-0.4, -0.2) is 21.0 Å². The highest BCUT2D eigenvalue weighted by atomic mass is 15.1. The van der Waals surface area contributed by atoms with Crippen LogP contribution >= 0.6 is 0 Å². The molecule has 1 aliphatic carbocycles. The summed E-state index contributed by atoms with van der Waals surface area (Å²) in [7, 11) is 0. The van der Waals surface area contributed by atoms with Gasteiger partial charge in [-0.15, -0.1) is 0 Å². The van der Waals surface area contributed by atoms with Gasteiger partial charge in [0.1, 0.15) is 5.82 Å². The summed E-state index contributed by atoms with van der Waals surface area (Å²) in [5.41, 5.74) is 1.95. The minimum absolute atomic E-state index is 0.558. The van der Waals surface area contributed by atoms with Crippen molar-refractivity contribution >= 4 is 11.8 Å². The van der Waals surface area contributed by atoms with Crippen LogP contribution in [0.1, 0.15) is 37.1 Å². The Kier molecular flexibility index (Phi) is 4.28. The van der Waals surface area contributed by atoms with Crippen LogP contribution in [0, 0.1) is 6.92 Å². The monoisotopic (exact) mass is 283 g/mol. The molecule has 1 fully saturated rings. The van der Waals surface area contributed by atoms with Gasteiger partial charge in [0.15, 0.2) is 0 Å². The highest BCUT2D eigenvalue weighted by molar-refractivity contribution is 5.43. The van der Waals surface area contributed by atoms with Crippen LogP contribution in [0.25, 0.3) is 0 Å². The lowest BCUT2D eigenvalue weighted by atomic mass is 10.2. The fourth-order valence-corrected chi connectivity index (χ4v) is 2.67. The van der Waals surface area contributed by atoms with Gasteiger partial charge in [-0.05, 0) is 31.9 Å². The number of anilines is 2. The van der Waals surface area contributed by atoms with Crippen LogP contribution in [0.15, 0.2) is 30.5 Å². The molecule has 0 spiro atoms. The lowest BCUT2D eigenvalue weighted by molar-refractivity contribution is 0.749. The molecule has 110 valence electrons. The van der Waals surface area contributed by atoms with Crippen LogP contribution in [-0.2, 0) is 6.54 Å². The summed E-state index contributed by atoms with van der Waals surface area (Å²) in [4.78, 5) is 13.3. The van der Waals surface area contributed by atoms with Gasteiger partial charge < -0.3 is 10.6 Å². The molecule has 0 aliphatic heterocycles. The van der Waals surface area contributed by atoms with E-state index >= 15 is 0 Å². The molecule has 0 saturated heterocycles. The predicted octanol–water partition coefficient (Wildman–Crippen LogP) is 3.15. The third-order valence-electron chi connectivity index (χ3n) is 3.72. The van der Waals surface area contributed by atoms with Gasteiger partial charge in [0.05, 0.1) is 12.2 Å². The summed E-state index contributed by atoms with van der Waals surface area (Å²) in [6.07, 6.45) is 6.89. The highest BCUT2D eigenvalue weighted by Gasteiger charge is 2.15. The van der Waals surface area contributed by atoms with Gasteiger partial charge in [-0.25, -0.2) is 4.98 Å². The molecule has 2 N–H and O–H groups in total. The summed E-state index contributed by atoms with van der Waals surface area (Å²) in [6, 6.07) is 8.44. The number of aromatic nitrogens is 3. The van der Waals surface area contributed by atoms with E-state index in [9.17, 15) is 0 Å². The van der Waals surface area contributed by atoms with Gasteiger partial charge in [0, 0.05) is 24.0 Å². The van der Waals surface area contributed by atoms with Crippen LogP contribution < -0.4 is 10.6 Å². The molecule has 0 atom stereocenters. The zero-order valence-corrected chi connectivity index (χ0v) is 12.3. The Morgan fingerprint density at radius 3 is 2.81 bits per heavy atom. The molecule has 0 radical (unpaired) electrons. The molecule has 21 heavy (non-hydrogen) atoms. The van der Waals surface area contributed by atoms with E-state index < -0.39 is 0 Å². The zero-order chi connectivity index (χ0) is 14.5. The van der Waals surface area contributed by atoms with Crippen molar-refractivity contribution in [3.63, 3.8) is 0 Å². The van der Waals surface area contributed by atoms with E-state index in [1.54, 1.807) is 6.20 Å². The Labute approximate surface area is 125 Å². The van der Waals surface area contributed by atoms with Crippen molar-refractivity contribution in [2.45, 2.75) is 45.2 Å². The van der Waals surface area contributed by atoms with Crippen LogP contribution in [0.2, 0.25) is 0 Å². The smallest absolute Gasteiger partial charge is 0.225 e. The number of pyridine rings is 1. The Morgan fingerprint density at radius 2 is 2.05 bits per heavy atom. The molecule has 2 heterocycles. The standard InChI is InChI=1S/C16H21N5/c1-12-10-15(20-13-6-2-3-7-13)21-16(19-12)18-11-14-8-4-5-9-17-14/h4-5,8-10,13H,2-3,6-7,11H2,1H3,(H2,18,19,20,21).